The molecule has 0 aliphatic rings. The number of carbonyl (C=O) groups is 1. The first-order chi connectivity index (χ1) is 7.93. The molecule has 0 saturated carbocycles. The molecule has 1 aromatic rings. The SMILES string of the molecule is CCc1nn(C)cc1C(=O)NC(C)CC(C)O. The number of aromatic nitrogens is 2. The van der Waals surface area contributed by atoms with Crippen molar-refractivity contribution in [2.24, 2.45) is 7.05 Å². The molecule has 0 spiro atoms. The number of amides is 1. The first kappa shape index (κ1) is 13.7. The standard InChI is InChI=1S/C12H21N3O2/c1-5-11-10(7-15(4)14-11)12(17)13-8(2)6-9(3)16/h7-9,16H,5-6H2,1-4H3,(H,13,17). The van der Waals surface area contributed by atoms with E-state index in [4.69, 9.17) is 0 Å². The van der Waals surface area contributed by atoms with E-state index in [-0.39, 0.29) is 11.9 Å². The van der Waals surface area contributed by atoms with Crippen LogP contribution in [0.15, 0.2) is 6.20 Å². The normalized spacial score (nSPS) is 14.4. The van der Waals surface area contributed by atoms with E-state index in [0.29, 0.717) is 12.0 Å². The molecule has 0 aromatic carbocycles. The fraction of sp³-hybridized carbons (Fsp3) is 0.667. The molecule has 5 heteroatoms. The van der Waals surface area contributed by atoms with Crippen molar-refractivity contribution in [2.45, 2.75) is 45.8 Å². The quantitative estimate of drug-likeness (QED) is 0.801. The van der Waals surface area contributed by atoms with Crippen molar-refractivity contribution in [3.05, 3.63) is 17.5 Å². The predicted octanol–water partition coefficient (Wildman–Crippen LogP) is 0.872. The summed E-state index contributed by atoms with van der Waals surface area (Å²) in [5.74, 6) is -0.122. The molecule has 96 valence electrons. The van der Waals surface area contributed by atoms with Crippen molar-refractivity contribution in [1.29, 1.82) is 0 Å². The third-order valence-electron chi connectivity index (χ3n) is 2.56. The first-order valence-corrected chi connectivity index (χ1v) is 5.95. The predicted molar refractivity (Wildman–Crippen MR) is 65.8 cm³/mol. The zero-order valence-electron chi connectivity index (χ0n) is 10.9. The highest BCUT2D eigenvalue weighted by atomic mass is 16.3. The number of aryl methyl sites for hydroxylation is 2. The molecule has 0 radical (unpaired) electrons. The van der Waals surface area contributed by atoms with Gasteiger partial charge in [0.1, 0.15) is 0 Å². The Morgan fingerprint density at radius 1 is 1.59 bits per heavy atom. The van der Waals surface area contributed by atoms with Crippen LogP contribution in [0.5, 0.6) is 0 Å². The molecule has 0 saturated heterocycles. The van der Waals surface area contributed by atoms with E-state index in [2.05, 4.69) is 10.4 Å². The van der Waals surface area contributed by atoms with Crippen LogP contribution in [0.3, 0.4) is 0 Å². The molecule has 2 atom stereocenters. The lowest BCUT2D eigenvalue weighted by Crippen LogP contribution is -2.34. The summed E-state index contributed by atoms with van der Waals surface area (Å²) in [6, 6.07) is -0.0487. The van der Waals surface area contributed by atoms with Gasteiger partial charge in [-0.2, -0.15) is 5.10 Å². The summed E-state index contributed by atoms with van der Waals surface area (Å²) in [5, 5.41) is 16.3. The van der Waals surface area contributed by atoms with Gasteiger partial charge in [0.15, 0.2) is 0 Å². The Kier molecular flexibility index (Phi) is 4.69. The van der Waals surface area contributed by atoms with E-state index >= 15 is 0 Å². The number of nitrogens with zero attached hydrogens (tertiary/aromatic N) is 2. The largest absolute Gasteiger partial charge is 0.393 e. The van der Waals surface area contributed by atoms with Crippen LogP contribution in [0.2, 0.25) is 0 Å². The van der Waals surface area contributed by atoms with E-state index in [1.165, 1.54) is 0 Å². The molecule has 1 heterocycles. The van der Waals surface area contributed by atoms with Crippen LogP contribution < -0.4 is 5.32 Å². The average molecular weight is 239 g/mol. The van der Waals surface area contributed by atoms with Crippen molar-refractivity contribution in [1.82, 2.24) is 15.1 Å². The van der Waals surface area contributed by atoms with Gasteiger partial charge in [-0.25, -0.2) is 0 Å². The second-order valence-electron chi connectivity index (χ2n) is 4.48. The average Bonchev–Trinajstić information content (AvgIpc) is 2.58. The molecule has 1 aromatic heterocycles. The molecule has 17 heavy (non-hydrogen) atoms. The van der Waals surface area contributed by atoms with Gasteiger partial charge in [0, 0.05) is 19.3 Å². The van der Waals surface area contributed by atoms with Crippen molar-refractivity contribution in [3.8, 4) is 0 Å². The minimum Gasteiger partial charge on any atom is -0.393 e. The van der Waals surface area contributed by atoms with E-state index in [9.17, 15) is 9.90 Å². The molecule has 5 nitrogen and oxygen atoms in total. The van der Waals surface area contributed by atoms with Crippen LogP contribution in [0.25, 0.3) is 0 Å². The summed E-state index contributed by atoms with van der Waals surface area (Å²) in [7, 11) is 1.80. The third-order valence-corrected chi connectivity index (χ3v) is 2.56. The van der Waals surface area contributed by atoms with Crippen LogP contribution in [0, 0.1) is 0 Å². The molecule has 1 rings (SSSR count). The van der Waals surface area contributed by atoms with Gasteiger partial charge >= 0.3 is 0 Å². The van der Waals surface area contributed by atoms with Gasteiger partial charge in [0.05, 0.1) is 17.4 Å². The Hall–Kier alpha value is -1.36. The van der Waals surface area contributed by atoms with Crippen molar-refractivity contribution in [3.63, 3.8) is 0 Å². The Balaban J connectivity index is 2.69. The van der Waals surface area contributed by atoms with Crippen LogP contribution in [0.4, 0.5) is 0 Å². The number of rotatable bonds is 5. The Labute approximate surface area is 102 Å². The lowest BCUT2D eigenvalue weighted by atomic mass is 10.1. The minimum atomic E-state index is -0.412. The lowest BCUT2D eigenvalue weighted by Gasteiger charge is -2.15. The van der Waals surface area contributed by atoms with Gasteiger partial charge in [-0.3, -0.25) is 9.48 Å². The number of hydrogen-bond acceptors (Lipinski definition) is 3. The zero-order valence-corrected chi connectivity index (χ0v) is 10.9. The van der Waals surface area contributed by atoms with Crippen LogP contribution in [-0.2, 0) is 13.5 Å². The van der Waals surface area contributed by atoms with Crippen molar-refractivity contribution in [2.75, 3.05) is 0 Å². The molecule has 2 N–H and O–H groups in total. The molecule has 0 bridgehead atoms. The summed E-state index contributed by atoms with van der Waals surface area (Å²) < 4.78 is 1.65. The minimum absolute atomic E-state index is 0.0487. The van der Waals surface area contributed by atoms with E-state index < -0.39 is 6.10 Å². The molecular formula is C12H21N3O2. The Bertz CT molecular complexity index is 385. The molecule has 0 fully saturated rings. The number of hydrogen-bond donors (Lipinski definition) is 2. The number of aliphatic hydroxyl groups is 1. The summed E-state index contributed by atoms with van der Waals surface area (Å²) >= 11 is 0. The molecule has 2 unspecified atom stereocenters. The van der Waals surface area contributed by atoms with Crippen LogP contribution in [-0.4, -0.2) is 32.9 Å². The Morgan fingerprint density at radius 3 is 2.76 bits per heavy atom. The van der Waals surface area contributed by atoms with E-state index in [1.807, 2.05) is 13.8 Å². The number of aliphatic hydroxyl groups excluding tert-OH is 1. The van der Waals surface area contributed by atoms with Crippen LogP contribution in [0.1, 0.15) is 43.2 Å². The summed E-state index contributed by atoms with van der Waals surface area (Å²) in [6.07, 6.45) is 2.59. The number of nitrogens with one attached hydrogen (secondary N) is 1. The van der Waals surface area contributed by atoms with Gasteiger partial charge in [0.25, 0.3) is 5.91 Å². The second-order valence-corrected chi connectivity index (χ2v) is 4.48. The Morgan fingerprint density at radius 2 is 2.24 bits per heavy atom. The topological polar surface area (TPSA) is 67.2 Å². The number of carbonyl (C=O) groups excluding carboxylic acids is 1. The maximum Gasteiger partial charge on any atom is 0.254 e. The summed E-state index contributed by atoms with van der Waals surface area (Å²) in [4.78, 5) is 12.0. The maximum atomic E-state index is 12.0. The fourth-order valence-electron chi connectivity index (χ4n) is 1.86. The zero-order chi connectivity index (χ0) is 13.0. The monoisotopic (exact) mass is 239 g/mol. The lowest BCUT2D eigenvalue weighted by molar-refractivity contribution is 0.0922. The highest BCUT2D eigenvalue weighted by Crippen LogP contribution is 2.08. The molecular weight excluding hydrogens is 218 g/mol. The smallest absolute Gasteiger partial charge is 0.254 e. The van der Waals surface area contributed by atoms with Crippen molar-refractivity contribution < 1.29 is 9.90 Å². The fourth-order valence-corrected chi connectivity index (χ4v) is 1.86. The molecule has 0 aliphatic heterocycles. The van der Waals surface area contributed by atoms with Gasteiger partial charge in [0.2, 0.25) is 0 Å². The van der Waals surface area contributed by atoms with Gasteiger partial charge in [-0.1, -0.05) is 6.92 Å². The first-order valence-electron chi connectivity index (χ1n) is 5.95. The van der Waals surface area contributed by atoms with E-state index in [1.54, 1.807) is 24.9 Å². The maximum absolute atomic E-state index is 12.0. The van der Waals surface area contributed by atoms with Crippen LogP contribution >= 0.6 is 0 Å². The summed E-state index contributed by atoms with van der Waals surface area (Å²) in [5.41, 5.74) is 1.42. The van der Waals surface area contributed by atoms with Gasteiger partial charge in [-0.05, 0) is 26.7 Å². The van der Waals surface area contributed by atoms with Crippen molar-refractivity contribution >= 4 is 5.91 Å². The van der Waals surface area contributed by atoms with Gasteiger partial charge < -0.3 is 10.4 Å². The second kappa shape index (κ2) is 5.82. The highest BCUT2D eigenvalue weighted by Gasteiger charge is 2.16. The molecule has 0 aliphatic carbocycles. The molecule has 1 amide bonds. The third kappa shape index (κ3) is 3.85. The van der Waals surface area contributed by atoms with E-state index in [0.717, 1.165) is 12.1 Å². The highest BCUT2D eigenvalue weighted by molar-refractivity contribution is 5.95. The summed E-state index contributed by atoms with van der Waals surface area (Å²) in [6.45, 7) is 5.56. The van der Waals surface area contributed by atoms with Gasteiger partial charge in [-0.15, -0.1) is 0 Å².